The third kappa shape index (κ3) is 3.39. The van der Waals surface area contributed by atoms with E-state index in [-0.39, 0.29) is 18.1 Å². The maximum atomic E-state index is 13.0. The Hall–Kier alpha value is -2.54. The highest BCUT2D eigenvalue weighted by Gasteiger charge is 2.35. The molecule has 26 heavy (non-hydrogen) atoms. The molecule has 1 aromatic carbocycles. The summed E-state index contributed by atoms with van der Waals surface area (Å²) in [6, 6.07) is 7.87. The molecule has 0 unspecified atom stereocenters. The van der Waals surface area contributed by atoms with Gasteiger partial charge in [0.05, 0.1) is 31.7 Å². The Morgan fingerprint density at radius 2 is 2.31 bits per heavy atom. The van der Waals surface area contributed by atoms with E-state index in [9.17, 15) is 4.79 Å². The highest BCUT2D eigenvalue weighted by Crippen LogP contribution is 2.27. The predicted octanol–water partition coefficient (Wildman–Crippen LogP) is 1.26. The molecule has 1 aromatic heterocycles. The second kappa shape index (κ2) is 6.99. The molecule has 0 radical (unpaired) electrons. The minimum atomic E-state index is 0.0597. The van der Waals surface area contributed by atoms with E-state index in [0.717, 1.165) is 30.8 Å². The number of likely N-dealkylation sites (tertiary alicyclic amines) is 1. The van der Waals surface area contributed by atoms with Gasteiger partial charge in [-0.05, 0) is 29.7 Å². The van der Waals surface area contributed by atoms with Crippen molar-refractivity contribution in [3.63, 3.8) is 0 Å². The van der Waals surface area contributed by atoms with Crippen LogP contribution in [0, 0.1) is 0 Å². The van der Waals surface area contributed by atoms with Gasteiger partial charge in [-0.25, -0.2) is 0 Å². The van der Waals surface area contributed by atoms with E-state index in [1.807, 2.05) is 23.2 Å². The molecule has 1 amide bonds. The number of rotatable bonds is 5. The van der Waals surface area contributed by atoms with Gasteiger partial charge in [-0.3, -0.25) is 9.48 Å². The van der Waals surface area contributed by atoms with Crippen molar-refractivity contribution in [3.8, 4) is 5.75 Å². The lowest BCUT2D eigenvalue weighted by atomic mass is 10.1. The normalized spacial score (nSPS) is 21.7. The maximum absolute atomic E-state index is 13.0. The van der Waals surface area contributed by atoms with Gasteiger partial charge in [0, 0.05) is 26.3 Å². The number of methoxy groups -OCH3 is 1. The first kappa shape index (κ1) is 16.9. The molecule has 2 aliphatic heterocycles. The Morgan fingerprint density at radius 1 is 1.42 bits per heavy atom. The number of nitrogens with zero attached hydrogens (tertiary/aromatic N) is 3. The van der Waals surface area contributed by atoms with Crippen molar-refractivity contribution in [2.75, 3.05) is 26.0 Å². The van der Waals surface area contributed by atoms with Crippen LogP contribution in [0.1, 0.15) is 17.5 Å². The third-order valence-corrected chi connectivity index (χ3v) is 5.20. The number of ether oxygens (including phenoxy) is 2. The molecule has 4 rings (SSSR count). The minimum Gasteiger partial charge on any atom is -0.493 e. The standard InChI is InChI=1S/C19H24N4O3/c1-25-16-10-15(11-22-6-4-18(20)21-22)23(12-16)19(24)9-13-2-3-17-14(8-13)5-7-26-17/h2-4,6,8,15-16H,5,7,9-12H2,1H3,(H2,20,21)/t15-,16-/m0/s1. The van der Waals surface area contributed by atoms with Gasteiger partial charge < -0.3 is 20.1 Å². The highest BCUT2D eigenvalue weighted by atomic mass is 16.5. The average Bonchev–Trinajstić information content (AvgIpc) is 3.34. The van der Waals surface area contributed by atoms with Crippen LogP contribution in [0.5, 0.6) is 5.75 Å². The molecule has 7 nitrogen and oxygen atoms in total. The Morgan fingerprint density at radius 3 is 3.08 bits per heavy atom. The van der Waals surface area contributed by atoms with Crippen molar-refractivity contribution in [1.82, 2.24) is 14.7 Å². The van der Waals surface area contributed by atoms with Crippen LogP contribution in [0.15, 0.2) is 30.5 Å². The van der Waals surface area contributed by atoms with Crippen LogP contribution < -0.4 is 10.5 Å². The van der Waals surface area contributed by atoms with Crippen molar-refractivity contribution in [1.29, 1.82) is 0 Å². The molecule has 138 valence electrons. The number of carbonyl (C=O) groups is 1. The first-order valence-corrected chi connectivity index (χ1v) is 8.98. The summed E-state index contributed by atoms with van der Waals surface area (Å²) in [4.78, 5) is 14.9. The van der Waals surface area contributed by atoms with Gasteiger partial charge in [0.1, 0.15) is 11.6 Å². The minimum absolute atomic E-state index is 0.0597. The molecular weight excluding hydrogens is 332 g/mol. The molecule has 2 N–H and O–H groups in total. The van der Waals surface area contributed by atoms with Gasteiger partial charge in [0.2, 0.25) is 5.91 Å². The van der Waals surface area contributed by atoms with E-state index in [1.54, 1.807) is 17.9 Å². The number of nitrogen functional groups attached to an aromatic ring is 1. The number of hydrogen-bond donors (Lipinski definition) is 1. The fourth-order valence-corrected chi connectivity index (χ4v) is 3.84. The van der Waals surface area contributed by atoms with Crippen molar-refractivity contribution in [3.05, 3.63) is 41.6 Å². The Balaban J connectivity index is 1.47. The molecule has 2 atom stereocenters. The molecule has 3 heterocycles. The zero-order chi connectivity index (χ0) is 18.1. The number of anilines is 1. The number of carbonyl (C=O) groups excluding carboxylic acids is 1. The van der Waals surface area contributed by atoms with Gasteiger partial charge in [-0.15, -0.1) is 0 Å². The molecule has 0 saturated carbocycles. The fraction of sp³-hybridized carbons (Fsp3) is 0.474. The summed E-state index contributed by atoms with van der Waals surface area (Å²) in [5, 5.41) is 4.24. The van der Waals surface area contributed by atoms with Crippen molar-refractivity contribution in [2.45, 2.75) is 38.0 Å². The summed E-state index contributed by atoms with van der Waals surface area (Å²) in [6.07, 6.45) is 4.02. The maximum Gasteiger partial charge on any atom is 0.227 e. The van der Waals surface area contributed by atoms with Crippen LogP contribution in [0.4, 0.5) is 5.82 Å². The fourth-order valence-electron chi connectivity index (χ4n) is 3.84. The number of aromatic nitrogens is 2. The van der Waals surface area contributed by atoms with Crippen LogP contribution in [-0.4, -0.2) is 53.0 Å². The molecule has 0 aliphatic carbocycles. The monoisotopic (exact) mass is 356 g/mol. The first-order chi connectivity index (χ1) is 12.6. The quantitative estimate of drug-likeness (QED) is 0.872. The Labute approximate surface area is 152 Å². The lowest BCUT2D eigenvalue weighted by Gasteiger charge is -2.24. The molecule has 0 spiro atoms. The van der Waals surface area contributed by atoms with E-state index in [2.05, 4.69) is 11.2 Å². The Bertz CT molecular complexity index is 804. The van der Waals surface area contributed by atoms with E-state index in [0.29, 0.717) is 25.3 Å². The zero-order valence-corrected chi connectivity index (χ0v) is 14.9. The van der Waals surface area contributed by atoms with E-state index < -0.39 is 0 Å². The smallest absolute Gasteiger partial charge is 0.227 e. The summed E-state index contributed by atoms with van der Waals surface area (Å²) in [5.41, 5.74) is 7.92. The number of amides is 1. The van der Waals surface area contributed by atoms with Gasteiger partial charge in [0.15, 0.2) is 0 Å². The number of hydrogen-bond acceptors (Lipinski definition) is 5. The van der Waals surface area contributed by atoms with Gasteiger partial charge in [-0.2, -0.15) is 5.10 Å². The lowest BCUT2D eigenvalue weighted by molar-refractivity contribution is -0.131. The van der Waals surface area contributed by atoms with Gasteiger partial charge >= 0.3 is 0 Å². The first-order valence-electron chi connectivity index (χ1n) is 8.98. The largest absolute Gasteiger partial charge is 0.493 e. The number of nitrogens with two attached hydrogens (primary N) is 1. The average molecular weight is 356 g/mol. The summed E-state index contributed by atoms with van der Waals surface area (Å²) < 4.78 is 12.8. The SMILES string of the molecule is CO[C@H]1C[C@@H](Cn2ccc(N)n2)N(C(=O)Cc2ccc3c(c2)CCO3)C1. The van der Waals surface area contributed by atoms with Crippen molar-refractivity contribution >= 4 is 11.7 Å². The van der Waals surface area contributed by atoms with E-state index >= 15 is 0 Å². The second-order valence-corrected chi connectivity index (χ2v) is 6.97. The van der Waals surface area contributed by atoms with Crippen LogP contribution in [-0.2, 0) is 28.9 Å². The summed E-state index contributed by atoms with van der Waals surface area (Å²) in [6.45, 7) is 1.97. The molecule has 0 bridgehead atoms. The molecule has 1 saturated heterocycles. The van der Waals surface area contributed by atoms with E-state index in [1.165, 1.54) is 5.56 Å². The lowest BCUT2D eigenvalue weighted by Crippen LogP contribution is -2.39. The summed E-state index contributed by atoms with van der Waals surface area (Å²) in [5.74, 6) is 1.55. The van der Waals surface area contributed by atoms with Crippen LogP contribution >= 0.6 is 0 Å². The second-order valence-electron chi connectivity index (χ2n) is 6.97. The van der Waals surface area contributed by atoms with E-state index in [4.69, 9.17) is 15.2 Å². The predicted molar refractivity (Wildman–Crippen MR) is 96.9 cm³/mol. The highest BCUT2D eigenvalue weighted by molar-refractivity contribution is 5.79. The molecule has 2 aliphatic rings. The van der Waals surface area contributed by atoms with Gasteiger partial charge in [-0.1, -0.05) is 12.1 Å². The molecule has 1 fully saturated rings. The summed E-state index contributed by atoms with van der Waals surface area (Å²) in [7, 11) is 1.70. The molecule has 2 aromatic rings. The van der Waals surface area contributed by atoms with Crippen LogP contribution in [0.3, 0.4) is 0 Å². The van der Waals surface area contributed by atoms with Crippen LogP contribution in [0.2, 0.25) is 0 Å². The third-order valence-electron chi connectivity index (χ3n) is 5.20. The summed E-state index contributed by atoms with van der Waals surface area (Å²) >= 11 is 0. The topological polar surface area (TPSA) is 82.6 Å². The Kier molecular flexibility index (Phi) is 4.55. The zero-order valence-electron chi connectivity index (χ0n) is 14.9. The molecule has 7 heteroatoms. The number of benzene rings is 1. The van der Waals surface area contributed by atoms with Crippen molar-refractivity contribution in [2.24, 2.45) is 0 Å². The number of fused-ring (bicyclic) bond motifs is 1. The van der Waals surface area contributed by atoms with Crippen molar-refractivity contribution < 1.29 is 14.3 Å². The molecular formula is C19H24N4O3. The van der Waals surface area contributed by atoms with Gasteiger partial charge in [0.25, 0.3) is 0 Å². The van der Waals surface area contributed by atoms with Crippen LogP contribution in [0.25, 0.3) is 0 Å².